The maximum Gasteiger partial charge on any atom is 0.107 e. The van der Waals surface area contributed by atoms with E-state index in [-0.39, 0.29) is 0 Å². The fourth-order valence-electron chi connectivity index (χ4n) is 2.64. The lowest BCUT2D eigenvalue weighted by molar-refractivity contribution is 0.157. The zero-order valence-corrected chi connectivity index (χ0v) is 12.6. The lowest BCUT2D eigenvalue weighted by Crippen LogP contribution is -2.33. The summed E-state index contributed by atoms with van der Waals surface area (Å²) in [4.78, 5) is 6.87. The van der Waals surface area contributed by atoms with E-state index in [1.165, 1.54) is 24.3 Å². The highest BCUT2D eigenvalue weighted by Crippen LogP contribution is 2.16. The number of hydrogen-bond donors (Lipinski definition) is 2. The first-order valence-electron chi connectivity index (χ1n) is 7.26. The third kappa shape index (κ3) is 4.84. The Kier molecular flexibility index (Phi) is 6.23. The molecule has 0 aliphatic carbocycles. The number of nitrogens with zero attached hydrogens (tertiary/aromatic N) is 2. The van der Waals surface area contributed by atoms with Gasteiger partial charge in [-0.15, -0.1) is 11.3 Å². The summed E-state index contributed by atoms with van der Waals surface area (Å²) in [6.45, 7) is 6.59. The smallest absolute Gasteiger partial charge is 0.107 e. The Morgan fingerprint density at radius 2 is 2.42 bits per heavy atom. The Bertz CT molecular complexity index is 369. The minimum absolute atomic E-state index is 0.321. The molecule has 2 rings (SSSR count). The summed E-state index contributed by atoms with van der Waals surface area (Å²) in [5, 5.41) is 16.0. The molecule has 108 valence electrons. The minimum Gasteiger partial charge on any atom is -0.395 e. The fraction of sp³-hybridized carbons (Fsp3) is 0.786. The van der Waals surface area contributed by atoms with Gasteiger partial charge < -0.3 is 10.4 Å². The van der Waals surface area contributed by atoms with Gasteiger partial charge in [-0.2, -0.15) is 0 Å². The molecule has 1 aliphatic rings. The number of hydrogen-bond acceptors (Lipinski definition) is 5. The average Bonchev–Trinajstić information content (AvgIpc) is 3.02. The molecule has 2 heterocycles. The van der Waals surface area contributed by atoms with Crippen LogP contribution in [0.15, 0.2) is 5.38 Å². The van der Waals surface area contributed by atoms with E-state index in [0.717, 1.165) is 38.3 Å². The van der Waals surface area contributed by atoms with Crippen molar-refractivity contribution in [2.24, 2.45) is 0 Å². The van der Waals surface area contributed by atoms with Crippen LogP contribution in [-0.2, 0) is 6.54 Å². The largest absolute Gasteiger partial charge is 0.395 e. The van der Waals surface area contributed by atoms with Gasteiger partial charge in [0.25, 0.3) is 0 Å². The van der Waals surface area contributed by atoms with Crippen LogP contribution in [-0.4, -0.2) is 47.3 Å². The number of rotatable bonds is 8. The van der Waals surface area contributed by atoms with Gasteiger partial charge in [-0.3, -0.25) is 4.90 Å². The molecular formula is C14H25N3OS. The quantitative estimate of drug-likeness (QED) is 0.714. The van der Waals surface area contributed by atoms with Crippen molar-refractivity contribution in [1.29, 1.82) is 0 Å². The number of aliphatic hydroxyl groups is 1. The van der Waals surface area contributed by atoms with E-state index < -0.39 is 0 Å². The predicted octanol–water partition coefficient (Wildman–Crippen LogP) is 1.78. The normalized spacial score (nSPS) is 20.2. The van der Waals surface area contributed by atoms with Crippen molar-refractivity contribution >= 4 is 11.3 Å². The number of aryl methyl sites for hydroxylation is 1. The van der Waals surface area contributed by atoms with Gasteiger partial charge in [0.05, 0.1) is 6.61 Å². The molecule has 1 aromatic heterocycles. The Morgan fingerprint density at radius 1 is 1.53 bits per heavy atom. The monoisotopic (exact) mass is 283 g/mol. The van der Waals surface area contributed by atoms with Crippen LogP contribution in [0.1, 0.15) is 36.4 Å². The number of likely N-dealkylation sites (tertiary alicyclic amines) is 1. The molecule has 0 aromatic carbocycles. The summed E-state index contributed by atoms with van der Waals surface area (Å²) in [6.07, 6.45) is 4.81. The van der Waals surface area contributed by atoms with E-state index in [1.54, 1.807) is 11.3 Å². The van der Waals surface area contributed by atoms with Crippen molar-refractivity contribution in [3.63, 3.8) is 0 Å². The maximum atomic E-state index is 9.25. The van der Waals surface area contributed by atoms with Crippen LogP contribution in [0.5, 0.6) is 0 Å². The summed E-state index contributed by atoms with van der Waals surface area (Å²) in [7, 11) is 0. The summed E-state index contributed by atoms with van der Waals surface area (Å²) in [5.41, 5.74) is 1.12. The molecular weight excluding hydrogens is 258 g/mol. The molecule has 0 radical (unpaired) electrons. The van der Waals surface area contributed by atoms with Crippen molar-refractivity contribution in [3.05, 3.63) is 16.1 Å². The van der Waals surface area contributed by atoms with Crippen molar-refractivity contribution < 1.29 is 5.11 Å². The van der Waals surface area contributed by atoms with Gasteiger partial charge >= 0.3 is 0 Å². The van der Waals surface area contributed by atoms with E-state index in [1.807, 2.05) is 6.92 Å². The second-order valence-corrected chi connectivity index (χ2v) is 6.22. The molecule has 4 nitrogen and oxygen atoms in total. The third-order valence-electron chi connectivity index (χ3n) is 3.70. The first-order chi connectivity index (χ1) is 9.29. The van der Waals surface area contributed by atoms with Gasteiger partial charge in [-0.25, -0.2) is 4.98 Å². The van der Waals surface area contributed by atoms with Gasteiger partial charge in [-0.05, 0) is 52.2 Å². The minimum atomic E-state index is 0.321. The molecule has 19 heavy (non-hydrogen) atoms. The number of aromatic nitrogens is 1. The van der Waals surface area contributed by atoms with Crippen LogP contribution >= 0.6 is 11.3 Å². The van der Waals surface area contributed by atoms with Gasteiger partial charge in [0.2, 0.25) is 0 Å². The molecule has 0 spiro atoms. The van der Waals surface area contributed by atoms with Crippen molar-refractivity contribution in [2.75, 3.05) is 26.2 Å². The predicted molar refractivity (Wildman–Crippen MR) is 79.5 cm³/mol. The van der Waals surface area contributed by atoms with Crippen LogP contribution in [0.4, 0.5) is 0 Å². The molecule has 1 atom stereocenters. The maximum absolute atomic E-state index is 9.25. The fourth-order valence-corrected chi connectivity index (χ4v) is 3.38. The van der Waals surface area contributed by atoms with Crippen LogP contribution in [0.2, 0.25) is 0 Å². The third-order valence-corrected chi connectivity index (χ3v) is 4.67. The van der Waals surface area contributed by atoms with E-state index in [9.17, 15) is 5.11 Å². The van der Waals surface area contributed by atoms with Crippen molar-refractivity contribution in [2.45, 2.75) is 45.2 Å². The molecule has 1 unspecified atom stereocenters. The molecule has 1 saturated heterocycles. The number of unbranched alkanes of at least 4 members (excludes halogenated alkanes) is 1. The SMILES string of the molecule is Cc1csc(CNCCCCN2CCCC2CO)n1. The molecule has 2 N–H and O–H groups in total. The van der Waals surface area contributed by atoms with Gasteiger partial charge in [-0.1, -0.05) is 0 Å². The molecule has 1 fully saturated rings. The van der Waals surface area contributed by atoms with Gasteiger partial charge in [0, 0.05) is 23.7 Å². The van der Waals surface area contributed by atoms with Gasteiger partial charge in [0.15, 0.2) is 0 Å². The van der Waals surface area contributed by atoms with Crippen LogP contribution in [0, 0.1) is 6.92 Å². The number of aliphatic hydroxyl groups excluding tert-OH is 1. The van der Waals surface area contributed by atoms with E-state index in [2.05, 4.69) is 20.6 Å². The van der Waals surface area contributed by atoms with Gasteiger partial charge in [0.1, 0.15) is 5.01 Å². The number of thiazole rings is 1. The second kappa shape index (κ2) is 7.94. The lowest BCUT2D eigenvalue weighted by atomic mass is 10.2. The van der Waals surface area contributed by atoms with Crippen LogP contribution in [0.25, 0.3) is 0 Å². The Balaban J connectivity index is 1.50. The second-order valence-electron chi connectivity index (χ2n) is 5.28. The summed E-state index contributed by atoms with van der Waals surface area (Å²) in [6, 6.07) is 0.422. The highest BCUT2D eigenvalue weighted by Gasteiger charge is 2.22. The van der Waals surface area contributed by atoms with Crippen molar-refractivity contribution in [1.82, 2.24) is 15.2 Å². The van der Waals surface area contributed by atoms with Crippen molar-refractivity contribution in [3.8, 4) is 0 Å². The topological polar surface area (TPSA) is 48.4 Å². The summed E-state index contributed by atoms with van der Waals surface area (Å²) >= 11 is 1.73. The standard InChI is InChI=1S/C14H25N3OS/c1-12-11-19-14(16-12)9-15-6-2-3-7-17-8-4-5-13(17)10-18/h11,13,15,18H,2-10H2,1H3. The highest BCUT2D eigenvalue weighted by atomic mass is 32.1. The Morgan fingerprint density at radius 3 is 3.16 bits per heavy atom. The summed E-state index contributed by atoms with van der Waals surface area (Å²) in [5.74, 6) is 0. The number of nitrogens with one attached hydrogen (secondary N) is 1. The highest BCUT2D eigenvalue weighted by molar-refractivity contribution is 7.09. The molecule has 5 heteroatoms. The Hall–Kier alpha value is -0.490. The molecule has 1 aromatic rings. The molecule has 0 saturated carbocycles. The molecule has 0 amide bonds. The molecule has 1 aliphatic heterocycles. The van der Waals surface area contributed by atoms with E-state index >= 15 is 0 Å². The zero-order chi connectivity index (χ0) is 13.5. The summed E-state index contributed by atoms with van der Waals surface area (Å²) < 4.78 is 0. The van der Waals surface area contributed by atoms with Crippen LogP contribution in [0.3, 0.4) is 0 Å². The first kappa shape index (κ1) is 14.9. The Labute approximate surface area is 119 Å². The first-order valence-corrected chi connectivity index (χ1v) is 8.14. The van der Waals surface area contributed by atoms with E-state index in [0.29, 0.717) is 12.6 Å². The van der Waals surface area contributed by atoms with E-state index in [4.69, 9.17) is 0 Å². The van der Waals surface area contributed by atoms with Crippen LogP contribution < -0.4 is 5.32 Å². The zero-order valence-electron chi connectivity index (χ0n) is 11.8. The molecule has 0 bridgehead atoms. The lowest BCUT2D eigenvalue weighted by Gasteiger charge is -2.22. The average molecular weight is 283 g/mol.